The number of ketones is 1. The normalized spacial score (nSPS) is 33.4. The van der Waals surface area contributed by atoms with Gasteiger partial charge in [0, 0.05) is 94.3 Å². The number of nitrogens with one attached hydrogen (secondary N) is 2. The fraction of sp³-hybridized carbons (Fsp3) is 0.523. The predicted molar refractivity (Wildman–Crippen MR) is 208 cm³/mol. The Morgan fingerprint density at radius 1 is 1.00 bits per heavy atom. The van der Waals surface area contributed by atoms with E-state index < -0.39 is 16.8 Å². The number of esters is 2. The molecule has 4 aliphatic heterocycles. The van der Waals surface area contributed by atoms with Gasteiger partial charge in [0.1, 0.15) is 22.4 Å². The first-order valence-corrected chi connectivity index (χ1v) is 19.8. The second kappa shape index (κ2) is 13.1. The number of nitrogens with zero attached hydrogens (tertiary/aromatic N) is 2. The number of carbonyl (C=O) groups excluding carboxylic acids is 3. The topological polar surface area (TPSA) is 137 Å². The highest BCUT2D eigenvalue weighted by Gasteiger charge is 2.64. The van der Waals surface area contributed by atoms with Crippen molar-refractivity contribution in [3.05, 3.63) is 76.1 Å². The van der Waals surface area contributed by atoms with E-state index >= 15 is 0 Å². The molecule has 11 nitrogen and oxygen atoms in total. The molecule has 0 amide bonds. The van der Waals surface area contributed by atoms with Gasteiger partial charge in [0.2, 0.25) is 0 Å². The van der Waals surface area contributed by atoms with Gasteiger partial charge < -0.3 is 29.3 Å². The van der Waals surface area contributed by atoms with Crippen molar-refractivity contribution < 1.29 is 33.7 Å². The van der Waals surface area contributed by atoms with Gasteiger partial charge >= 0.3 is 11.9 Å². The van der Waals surface area contributed by atoms with E-state index in [9.17, 15) is 19.5 Å². The van der Waals surface area contributed by atoms with Gasteiger partial charge in [0.15, 0.2) is 0 Å². The summed E-state index contributed by atoms with van der Waals surface area (Å²) >= 11 is 0. The third-order valence-corrected chi connectivity index (χ3v) is 14.7. The summed E-state index contributed by atoms with van der Waals surface area (Å²) in [7, 11) is 6.61. The number of carbonyl (C=O) groups is 3. The second-order valence-corrected chi connectivity index (χ2v) is 16.9. The molecule has 10 rings (SSSR count). The van der Waals surface area contributed by atoms with Crippen LogP contribution in [0, 0.1) is 23.2 Å². The second-order valence-electron chi connectivity index (χ2n) is 16.9. The predicted octanol–water partition coefficient (Wildman–Crippen LogP) is 5.03. The van der Waals surface area contributed by atoms with Crippen molar-refractivity contribution >= 4 is 39.5 Å². The monoisotopic (exact) mass is 748 g/mol. The third kappa shape index (κ3) is 4.88. The molecule has 1 saturated carbocycles. The molecular weight excluding hydrogens is 697 g/mol. The lowest BCUT2D eigenvalue weighted by Crippen LogP contribution is -2.68. The first kappa shape index (κ1) is 36.2. The first-order chi connectivity index (χ1) is 26.6. The van der Waals surface area contributed by atoms with E-state index in [-0.39, 0.29) is 54.1 Å². The Morgan fingerprint density at radius 2 is 1.78 bits per heavy atom. The summed E-state index contributed by atoms with van der Waals surface area (Å²) in [6.45, 7) is 5.61. The van der Waals surface area contributed by atoms with Crippen molar-refractivity contribution in [2.24, 2.45) is 23.2 Å². The number of fused-ring (bicyclic) bond motifs is 9. The van der Waals surface area contributed by atoms with Gasteiger partial charge in [-0.15, -0.1) is 0 Å². The van der Waals surface area contributed by atoms with Crippen LogP contribution in [0.3, 0.4) is 0 Å². The summed E-state index contributed by atoms with van der Waals surface area (Å²) in [4.78, 5) is 53.8. The Labute approximate surface area is 321 Å². The maximum Gasteiger partial charge on any atom is 0.319 e. The van der Waals surface area contributed by atoms with E-state index in [1.165, 1.54) is 14.2 Å². The fourth-order valence-electron chi connectivity index (χ4n) is 12.4. The van der Waals surface area contributed by atoms with E-state index in [1.807, 2.05) is 26.1 Å². The number of allylic oxidation sites excluding steroid dienone is 1. The number of aliphatic hydroxyl groups excluding tert-OH is 1. The van der Waals surface area contributed by atoms with Crippen LogP contribution < -0.4 is 4.74 Å². The number of hydrogen-bond acceptors (Lipinski definition) is 9. The van der Waals surface area contributed by atoms with Crippen LogP contribution in [-0.4, -0.2) is 109 Å². The highest BCUT2D eigenvalue weighted by atomic mass is 16.5. The quantitative estimate of drug-likeness (QED) is 0.183. The fourth-order valence-corrected chi connectivity index (χ4v) is 12.4. The van der Waals surface area contributed by atoms with Gasteiger partial charge in [0.25, 0.3) is 0 Å². The molecule has 6 aliphatic rings. The number of methoxy groups -OCH3 is 3. The molecule has 6 bridgehead atoms. The summed E-state index contributed by atoms with van der Waals surface area (Å²) < 4.78 is 17.5. The molecule has 6 heterocycles. The summed E-state index contributed by atoms with van der Waals surface area (Å²) in [5.74, 6) is -0.491. The number of likely N-dealkylation sites (tertiary alicyclic amines) is 1. The lowest BCUT2D eigenvalue weighted by atomic mass is 9.56. The number of benzene rings is 2. The van der Waals surface area contributed by atoms with Crippen LogP contribution in [0.5, 0.6) is 5.75 Å². The van der Waals surface area contributed by atoms with Crippen LogP contribution in [0.1, 0.15) is 67.1 Å². The van der Waals surface area contributed by atoms with Crippen LogP contribution in [0.4, 0.5) is 0 Å². The summed E-state index contributed by atoms with van der Waals surface area (Å²) in [5.41, 5.74) is 5.89. The number of H-pyrrole nitrogens is 2. The molecule has 2 aliphatic carbocycles. The molecule has 3 N–H and O–H groups in total. The Bertz CT molecular complexity index is 2270. The van der Waals surface area contributed by atoms with Gasteiger partial charge in [-0.3, -0.25) is 24.2 Å². The van der Waals surface area contributed by atoms with E-state index in [0.717, 1.165) is 75.0 Å². The van der Waals surface area contributed by atoms with Crippen LogP contribution in [0.2, 0.25) is 0 Å². The molecule has 9 atom stereocenters. The number of ether oxygens (including phenoxy) is 3. The molecule has 4 fully saturated rings. The van der Waals surface area contributed by atoms with Gasteiger partial charge in [-0.2, -0.15) is 0 Å². The molecule has 55 heavy (non-hydrogen) atoms. The Hall–Kier alpha value is -4.45. The molecule has 2 aromatic heterocycles. The minimum Gasteiger partial charge on any atom is -0.496 e. The molecule has 3 saturated heterocycles. The van der Waals surface area contributed by atoms with Gasteiger partial charge in [0.05, 0.1) is 27.9 Å². The smallest absolute Gasteiger partial charge is 0.319 e. The van der Waals surface area contributed by atoms with E-state index in [1.54, 1.807) is 14.0 Å². The number of aromatic amines is 2. The molecule has 4 aromatic rings. The molecule has 0 spiro atoms. The first-order valence-electron chi connectivity index (χ1n) is 19.8. The average molecular weight is 749 g/mol. The number of rotatable bonds is 6. The van der Waals surface area contributed by atoms with Gasteiger partial charge in [-0.25, -0.2) is 0 Å². The number of aromatic nitrogens is 2. The van der Waals surface area contributed by atoms with Crippen LogP contribution in [-0.2, 0) is 42.1 Å². The average Bonchev–Trinajstić information content (AvgIpc) is 3.72. The summed E-state index contributed by atoms with van der Waals surface area (Å²) in [6.07, 6.45) is 5.31. The van der Waals surface area contributed by atoms with E-state index in [4.69, 9.17) is 14.2 Å². The molecule has 11 heteroatoms. The Balaban J connectivity index is 1.30. The molecule has 290 valence electrons. The lowest BCUT2D eigenvalue weighted by Gasteiger charge is -2.57. The SMILES string of the molecule is C/C=C1/CN(C)[C@H]2Cc3c([nH]c4ccccc34)[C@@H](c3cc4c5c([nH]c4cc3OC)[C@]3(C(=O)OC)C[C@@H]4C[C@H](C(C)=O)[C@@H]3N(CC5)C4)C[C@H]1[C@]2(CO)C(=O)OC. The molecule has 0 radical (unpaired) electrons. The lowest BCUT2D eigenvalue weighted by molar-refractivity contribution is -0.169. The number of aliphatic hydroxyl groups is 1. The number of hydrogen-bond donors (Lipinski definition) is 3. The minimum absolute atomic E-state index is 0.122. The largest absolute Gasteiger partial charge is 0.496 e. The van der Waals surface area contributed by atoms with Gasteiger partial charge in [-0.1, -0.05) is 29.8 Å². The standard InChI is InChI=1S/C44H52N4O7/c1-7-25-21-47(3)37-17-32-26-10-8-9-11-34(26)45-38(32)31(16-33(25)44(37,22-49)42(52)55-6)30-15-29-27-12-13-48-20-24-14-28(23(2)50)40(48)43(19-24,41(51)54-5)39(27)46-35(29)18-36(30)53-4/h7-11,15,18,24,28,31,33,37,40,45-46,49H,12-14,16-17,19-22H2,1-6H3/b25-7-/t24-,28+,31+,33+,37-,40-,43+,44-/m0/s1. The summed E-state index contributed by atoms with van der Waals surface area (Å²) in [6, 6.07) is 12.0. The highest BCUT2D eigenvalue weighted by molar-refractivity contribution is 5.94. The van der Waals surface area contributed by atoms with Crippen molar-refractivity contribution in [2.45, 2.75) is 69.4 Å². The Morgan fingerprint density at radius 3 is 2.49 bits per heavy atom. The molecular formula is C44H52N4O7. The number of para-hydroxylation sites is 1. The van der Waals surface area contributed by atoms with Crippen molar-refractivity contribution in [2.75, 3.05) is 54.6 Å². The van der Waals surface area contributed by atoms with Crippen LogP contribution >= 0.6 is 0 Å². The summed E-state index contributed by atoms with van der Waals surface area (Å²) in [5, 5.41) is 13.6. The third-order valence-electron chi connectivity index (χ3n) is 14.7. The zero-order chi connectivity index (χ0) is 38.6. The van der Waals surface area contributed by atoms with Crippen molar-refractivity contribution in [3.8, 4) is 5.75 Å². The molecule has 1 unspecified atom stereocenters. The van der Waals surface area contributed by atoms with Crippen molar-refractivity contribution in [1.29, 1.82) is 0 Å². The maximum absolute atomic E-state index is 14.3. The van der Waals surface area contributed by atoms with Crippen LogP contribution in [0.25, 0.3) is 21.8 Å². The van der Waals surface area contributed by atoms with E-state index in [0.29, 0.717) is 38.0 Å². The minimum atomic E-state index is -1.20. The maximum atomic E-state index is 14.3. The Kier molecular flexibility index (Phi) is 8.60. The van der Waals surface area contributed by atoms with Crippen molar-refractivity contribution in [3.63, 3.8) is 0 Å². The number of Topliss-reactive ketones (excluding diaryl/α,β-unsaturated/α-hetero) is 1. The van der Waals surface area contributed by atoms with Crippen molar-refractivity contribution in [1.82, 2.24) is 19.8 Å². The highest BCUT2D eigenvalue weighted by Crippen LogP contribution is 2.57. The number of piperidine rings is 3. The van der Waals surface area contributed by atoms with Gasteiger partial charge in [-0.05, 0) is 82.2 Å². The van der Waals surface area contributed by atoms with Crippen LogP contribution in [0.15, 0.2) is 48.0 Å². The zero-order valence-corrected chi connectivity index (χ0v) is 32.7. The van der Waals surface area contributed by atoms with E-state index in [2.05, 4.69) is 50.1 Å². The number of likely N-dealkylation sites (N-methyl/N-ethyl adjacent to an activating group) is 1. The zero-order valence-electron chi connectivity index (χ0n) is 32.7. The molecule has 2 aromatic carbocycles.